The summed E-state index contributed by atoms with van der Waals surface area (Å²) in [6.07, 6.45) is 4.80. The SMILES string of the molecule is COC(=O)Nc1cccc(NCC(=O)N[C@H](C)[C@@H]2C[C@H]3CC[C@H]2C3)c1. The zero-order valence-electron chi connectivity index (χ0n) is 14.9. The third-order valence-corrected chi connectivity index (χ3v) is 5.57. The summed E-state index contributed by atoms with van der Waals surface area (Å²) in [7, 11) is 1.32. The molecule has 2 aliphatic rings. The monoisotopic (exact) mass is 345 g/mol. The van der Waals surface area contributed by atoms with E-state index < -0.39 is 6.09 Å². The first-order valence-corrected chi connectivity index (χ1v) is 9.03. The van der Waals surface area contributed by atoms with E-state index in [-0.39, 0.29) is 18.5 Å². The van der Waals surface area contributed by atoms with E-state index in [9.17, 15) is 9.59 Å². The van der Waals surface area contributed by atoms with Gasteiger partial charge in [-0.15, -0.1) is 0 Å². The normalized spacial score (nSPS) is 25.3. The van der Waals surface area contributed by atoms with E-state index in [4.69, 9.17) is 0 Å². The zero-order chi connectivity index (χ0) is 17.8. The molecule has 1 aromatic carbocycles. The Morgan fingerprint density at radius 2 is 2.04 bits per heavy atom. The maximum Gasteiger partial charge on any atom is 0.411 e. The van der Waals surface area contributed by atoms with E-state index in [1.54, 1.807) is 12.1 Å². The van der Waals surface area contributed by atoms with Crippen LogP contribution in [-0.2, 0) is 9.53 Å². The number of hydrogen-bond acceptors (Lipinski definition) is 4. The fourth-order valence-corrected chi connectivity index (χ4v) is 4.38. The smallest absolute Gasteiger partial charge is 0.411 e. The number of hydrogen-bond donors (Lipinski definition) is 3. The van der Waals surface area contributed by atoms with Crippen LogP contribution in [0.5, 0.6) is 0 Å². The molecule has 1 aromatic rings. The number of fused-ring (bicyclic) bond motifs is 2. The summed E-state index contributed by atoms with van der Waals surface area (Å²) in [6, 6.07) is 7.43. The second-order valence-corrected chi connectivity index (χ2v) is 7.25. The van der Waals surface area contributed by atoms with E-state index in [1.807, 2.05) is 12.1 Å². The van der Waals surface area contributed by atoms with Crippen molar-refractivity contribution < 1.29 is 14.3 Å². The lowest BCUT2D eigenvalue weighted by atomic mass is 9.84. The average molecular weight is 345 g/mol. The molecule has 0 saturated heterocycles. The van der Waals surface area contributed by atoms with E-state index in [1.165, 1.54) is 32.8 Å². The minimum Gasteiger partial charge on any atom is -0.453 e. The predicted octanol–water partition coefficient (Wildman–Crippen LogP) is 3.22. The average Bonchev–Trinajstić information content (AvgIpc) is 3.23. The Kier molecular flexibility index (Phi) is 5.46. The molecule has 4 atom stereocenters. The third-order valence-electron chi connectivity index (χ3n) is 5.57. The number of methoxy groups -OCH3 is 1. The van der Waals surface area contributed by atoms with Crippen LogP contribution in [0.4, 0.5) is 16.2 Å². The van der Waals surface area contributed by atoms with Gasteiger partial charge in [0.25, 0.3) is 0 Å². The van der Waals surface area contributed by atoms with Gasteiger partial charge in [-0.05, 0) is 62.1 Å². The van der Waals surface area contributed by atoms with Crippen molar-refractivity contribution in [2.24, 2.45) is 17.8 Å². The minimum atomic E-state index is -0.519. The first kappa shape index (κ1) is 17.6. The first-order valence-electron chi connectivity index (χ1n) is 9.03. The highest BCUT2D eigenvalue weighted by atomic mass is 16.5. The van der Waals surface area contributed by atoms with Crippen LogP contribution in [0.2, 0.25) is 0 Å². The predicted molar refractivity (Wildman–Crippen MR) is 97.5 cm³/mol. The highest BCUT2D eigenvalue weighted by Gasteiger charge is 2.42. The summed E-state index contributed by atoms with van der Waals surface area (Å²) in [4.78, 5) is 23.5. The van der Waals surface area contributed by atoms with Gasteiger partial charge in [0.2, 0.25) is 5.91 Å². The van der Waals surface area contributed by atoms with Gasteiger partial charge in [0, 0.05) is 17.4 Å². The molecule has 2 saturated carbocycles. The lowest BCUT2D eigenvalue weighted by Gasteiger charge is -2.28. The molecule has 0 radical (unpaired) electrons. The highest BCUT2D eigenvalue weighted by Crippen LogP contribution is 2.49. The van der Waals surface area contributed by atoms with E-state index in [0.717, 1.165) is 17.5 Å². The van der Waals surface area contributed by atoms with E-state index >= 15 is 0 Å². The van der Waals surface area contributed by atoms with Crippen molar-refractivity contribution in [2.45, 2.75) is 38.6 Å². The van der Waals surface area contributed by atoms with Crippen LogP contribution in [-0.4, -0.2) is 31.7 Å². The molecule has 0 aromatic heterocycles. The second kappa shape index (κ2) is 7.76. The Hall–Kier alpha value is -2.24. The molecule has 3 rings (SSSR count). The number of carbonyl (C=O) groups is 2. The van der Waals surface area contributed by atoms with Crippen LogP contribution in [0, 0.1) is 17.8 Å². The Morgan fingerprint density at radius 3 is 2.72 bits per heavy atom. The molecule has 136 valence electrons. The van der Waals surface area contributed by atoms with Crippen molar-refractivity contribution in [1.82, 2.24) is 5.32 Å². The molecule has 0 unspecified atom stereocenters. The van der Waals surface area contributed by atoms with Gasteiger partial charge in [-0.25, -0.2) is 4.79 Å². The molecule has 0 spiro atoms. The zero-order valence-corrected chi connectivity index (χ0v) is 14.9. The van der Waals surface area contributed by atoms with Crippen molar-refractivity contribution in [3.8, 4) is 0 Å². The Bertz CT molecular complexity index is 634. The van der Waals surface area contributed by atoms with Crippen LogP contribution >= 0.6 is 0 Å². The molecule has 2 fully saturated rings. The van der Waals surface area contributed by atoms with Gasteiger partial charge in [0.15, 0.2) is 0 Å². The second-order valence-electron chi connectivity index (χ2n) is 7.25. The molecule has 2 aliphatic carbocycles. The van der Waals surface area contributed by atoms with Crippen LogP contribution in [0.15, 0.2) is 24.3 Å². The molecule has 0 heterocycles. The summed E-state index contributed by atoms with van der Waals surface area (Å²) in [5.41, 5.74) is 1.39. The van der Waals surface area contributed by atoms with Crippen molar-refractivity contribution in [2.75, 3.05) is 24.3 Å². The molecule has 6 nitrogen and oxygen atoms in total. The molecular weight excluding hydrogens is 318 g/mol. The number of anilines is 2. The summed E-state index contributed by atoms with van der Waals surface area (Å²) >= 11 is 0. The lowest BCUT2D eigenvalue weighted by molar-refractivity contribution is -0.120. The van der Waals surface area contributed by atoms with Gasteiger partial charge in [-0.3, -0.25) is 10.1 Å². The van der Waals surface area contributed by atoms with Gasteiger partial charge in [-0.2, -0.15) is 0 Å². The number of benzene rings is 1. The maximum atomic E-state index is 12.2. The fourth-order valence-electron chi connectivity index (χ4n) is 4.38. The summed E-state index contributed by atoms with van der Waals surface area (Å²) in [6.45, 7) is 2.34. The van der Waals surface area contributed by atoms with Gasteiger partial charge in [-0.1, -0.05) is 12.5 Å². The van der Waals surface area contributed by atoms with Crippen LogP contribution in [0.1, 0.15) is 32.6 Å². The molecular formula is C19H27N3O3. The van der Waals surface area contributed by atoms with Crippen LogP contribution in [0.25, 0.3) is 0 Å². The summed E-state index contributed by atoms with van der Waals surface area (Å²) in [5.74, 6) is 2.32. The first-order chi connectivity index (χ1) is 12.0. The molecule has 6 heteroatoms. The summed E-state index contributed by atoms with van der Waals surface area (Å²) < 4.78 is 4.57. The third kappa shape index (κ3) is 4.44. The van der Waals surface area contributed by atoms with Gasteiger partial charge < -0.3 is 15.4 Å². The van der Waals surface area contributed by atoms with Gasteiger partial charge in [0.1, 0.15) is 0 Å². The standard InChI is InChI=1S/C19H27N3O3/c1-12(17-9-13-6-7-14(17)8-13)21-18(23)11-20-15-4-3-5-16(10-15)22-19(24)25-2/h3-5,10,12-14,17,20H,6-9,11H2,1-2H3,(H,21,23)(H,22,24)/t12-,13+,14+,17+/m1/s1. The molecule has 2 amide bonds. The van der Waals surface area contributed by atoms with Crippen molar-refractivity contribution in [3.63, 3.8) is 0 Å². The largest absolute Gasteiger partial charge is 0.453 e. The number of carbonyl (C=O) groups excluding carboxylic acids is 2. The number of nitrogens with one attached hydrogen (secondary N) is 3. The topological polar surface area (TPSA) is 79.5 Å². The molecule has 2 bridgehead atoms. The van der Waals surface area contributed by atoms with Crippen LogP contribution < -0.4 is 16.0 Å². The van der Waals surface area contributed by atoms with Crippen LogP contribution in [0.3, 0.4) is 0 Å². The molecule has 3 N–H and O–H groups in total. The fraction of sp³-hybridized carbons (Fsp3) is 0.579. The van der Waals surface area contributed by atoms with Crippen molar-refractivity contribution >= 4 is 23.4 Å². The molecule has 0 aliphatic heterocycles. The number of ether oxygens (including phenoxy) is 1. The van der Waals surface area contributed by atoms with Crippen molar-refractivity contribution in [1.29, 1.82) is 0 Å². The molecule has 25 heavy (non-hydrogen) atoms. The number of rotatable bonds is 6. The lowest BCUT2D eigenvalue weighted by Crippen LogP contribution is -2.42. The van der Waals surface area contributed by atoms with Gasteiger partial charge >= 0.3 is 6.09 Å². The highest BCUT2D eigenvalue weighted by molar-refractivity contribution is 5.85. The van der Waals surface area contributed by atoms with Gasteiger partial charge in [0.05, 0.1) is 13.7 Å². The van der Waals surface area contributed by atoms with E-state index in [2.05, 4.69) is 27.6 Å². The number of amides is 2. The van der Waals surface area contributed by atoms with Crippen molar-refractivity contribution in [3.05, 3.63) is 24.3 Å². The summed E-state index contributed by atoms with van der Waals surface area (Å²) in [5, 5.41) is 8.85. The Balaban J connectivity index is 1.45. The Labute approximate surface area is 148 Å². The minimum absolute atomic E-state index is 0.00148. The Morgan fingerprint density at radius 1 is 1.24 bits per heavy atom. The quantitative estimate of drug-likeness (QED) is 0.740. The van der Waals surface area contributed by atoms with E-state index in [0.29, 0.717) is 11.6 Å². The maximum absolute atomic E-state index is 12.2.